The Morgan fingerprint density at radius 2 is 1.25 bits per heavy atom. The molecule has 1 fully saturated rings. The van der Waals surface area contributed by atoms with E-state index in [0.717, 1.165) is 17.8 Å². The zero-order valence-corrected chi connectivity index (χ0v) is 19.0. The van der Waals surface area contributed by atoms with Crippen molar-refractivity contribution in [3.05, 3.63) is 120 Å². The van der Waals surface area contributed by atoms with Gasteiger partial charge >= 0.3 is 0 Å². The number of hydrogen-bond donors (Lipinski definition) is 0. The molecule has 0 aliphatic carbocycles. The molecule has 0 bridgehead atoms. The second-order valence-electron chi connectivity index (χ2n) is 8.55. The van der Waals surface area contributed by atoms with Crippen LogP contribution in [0.1, 0.15) is 42.6 Å². The molecular weight excluding hydrogens is 392 g/mol. The number of rotatable bonds is 7. The zero-order chi connectivity index (χ0) is 22.3. The summed E-state index contributed by atoms with van der Waals surface area (Å²) in [6.45, 7) is 9.90. The first-order valence-corrected chi connectivity index (χ1v) is 11.4. The van der Waals surface area contributed by atoms with Crippen LogP contribution in [0.4, 0.5) is 0 Å². The Hall–Kier alpha value is -3.17. The summed E-state index contributed by atoms with van der Waals surface area (Å²) < 4.78 is 0. The molecule has 0 amide bonds. The molecule has 1 aliphatic heterocycles. The molecule has 0 aromatic heterocycles. The van der Waals surface area contributed by atoms with Gasteiger partial charge in [-0.1, -0.05) is 116 Å². The lowest BCUT2D eigenvalue weighted by Gasteiger charge is -2.49. The second-order valence-corrected chi connectivity index (χ2v) is 8.55. The van der Waals surface area contributed by atoms with Crippen LogP contribution in [0.2, 0.25) is 0 Å². The molecule has 32 heavy (non-hydrogen) atoms. The van der Waals surface area contributed by atoms with Crippen LogP contribution >= 0.6 is 0 Å². The van der Waals surface area contributed by atoms with Crippen LogP contribution in [0.15, 0.2) is 109 Å². The predicted octanol–water partition coefficient (Wildman–Crippen LogP) is 6.82. The average Bonchev–Trinajstić information content (AvgIpc) is 2.83. The largest absolute Gasteiger partial charge is 0.391 e. The highest BCUT2D eigenvalue weighted by molar-refractivity contribution is 5.90. The van der Waals surface area contributed by atoms with Gasteiger partial charge in [-0.3, -0.25) is 4.90 Å². The van der Waals surface area contributed by atoms with E-state index in [9.17, 15) is 0 Å². The van der Waals surface area contributed by atoms with Crippen molar-refractivity contribution in [2.45, 2.75) is 32.5 Å². The van der Waals surface area contributed by atoms with Crippen molar-refractivity contribution in [1.29, 1.82) is 0 Å². The Kier molecular flexibility index (Phi) is 7.18. The Morgan fingerprint density at radius 3 is 1.72 bits per heavy atom. The smallest absolute Gasteiger partial charge is 0.142 e. The topological polar surface area (TPSA) is 24.8 Å². The van der Waals surface area contributed by atoms with Gasteiger partial charge in [-0.25, -0.2) is 0 Å². The first kappa shape index (κ1) is 22.0. The molecule has 0 N–H and O–H groups in total. The molecule has 1 aliphatic rings. The normalized spacial score (nSPS) is 24.9. The Bertz CT molecular complexity index is 961. The fourth-order valence-corrected chi connectivity index (χ4v) is 5.04. The summed E-state index contributed by atoms with van der Waals surface area (Å²) in [5.74, 6) is 0.422. The fraction of sp³-hybridized carbons (Fsp3) is 0.276. The average molecular weight is 425 g/mol. The van der Waals surface area contributed by atoms with Gasteiger partial charge in [-0.05, 0) is 16.7 Å². The van der Waals surface area contributed by atoms with E-state index in [1.54, 1.807) is 0 Å². The van der Waals surface area contributed by atoms with Gasteiger partial charge in [-0.15, -0.1) is 6.58 Å². The molecule has 3 nitrogen and oxygen atoms in total. The lowest BCUT2D eigenvalue weighted by atomic mass is 9.74. The van der Waals surface area contributed by atoms with E-state index in [4.69, 9.17) is 9.99 Å². The van der Waals surface area contributed by atoms with Crippen molar-refractivity contribution >= 4 is 5.71 Å². The van der Waals surface area contributed by atoms with E-state index in [1.807, 2.05) is 24.3 Å². The van der Waals surface area contributed by atoms with Crippen molar-refractivity contribution in [3.63, 3.8) is 0 Å². The molecule has 0 radical (unpaired) electrons. The third kappa shape index (κ3) is 4.68. The van der Waals surface area contributed by atoms with Crippen LogP contribution in [-0.4, -0.2) is 17.2 Å². The lowest BCUT2D eigenvalue weighted by Crippen LogP contribution is -2.49. The van der Waals surface area contributed by atoms with E-state index in [0.29, 0.717) is 6.61 Å². The number of oxime groups is 1. The van der Waals surface area contributed by atoms with Crippen molar-refractivity contribution < 1.29 is 4.84 Å². The predicted molar refractivity (Wildman–Crippen MR) is 132 cm³/mol. The highest BCUT2D eigenvalue weighted by Crippen LogP contribution is 2.46. The van der Waals surface area contributed by atoms with E-state index >= 15 is 0 Å². The van der Waals surface area contributed by atoms with Crippen LogP contribution in [-0.2, 0) is 11.4 Å². The maximum absolute atomic E-state index is 5.91. The molecule has 0 spiro atoms. The van der Waals surface area contributed by atoms with E-state index in [2.05, 4.69) is 98.1 Å². The van der Waals surface area contributed by atoms with E-state index in [1.165, 1.54) is 11.1 Å². The fourth-order valence-electron chi connectivity index (χ4n) is 5.04. The van der Waals surface area contributed by atoms with Crippen LogP contribution in [0.5, 0.6) is 0 Å². The highest BCUT2D eigenvalue weighted by Gasteiger charge is 2.44. The number of benzene rings is 3. The molecular formula is C29H32N2O. The number of piperidine rings is 1. The zero-order valence-electron chi connectivity index (χ0n) is 19.0. The first-order chi connectivity index (χ1) is 15.7. The standard InChI is InChI=1S/C29H32N2O/c1-4-20-31-28(25-16-10-6-11-17-25)22(2)27(30-32-21-24-14-8-5-9-15-24)23(3)29(31)26-18-12-7-13-19-26/h4-19,22-23,28-29H,1,20-21H2,2-3H3/t22-,23-,28-,29+/m0/s1. The summed E-state index contributed by atoms with van der Waals surface area (Å²) >= 11 is 0. The van der Waals surface area contributed by atoms with Gasteiger partial charge in [0.2, 0.25) is 0 Å². The third-order valence-corrected chi connectivity index (χ3v) is 6.46. The summed E-state index contributed by atoms with van der Waals surface area (Å²) in [7, 11) is 0. The van der Waals surface area contributed by atoms with Gasteiger partial charge in [-0.2, -0.15) is 0 Å². The first-order valence-electron chi connectivity index (χ1n) is 11.4. The van der Waals surface area contributed by atoms with Gasteiger partial charge in [0.25, 0.3) is 0 Å². The summed E-state index contributed by atoms with van der Waals surface area (Å²) in [6.07, 6.45) is 2.01. The molecule has 0 unspecified atom stereocenters. The van der Waals surface area contributed by atoms with Gasteiger partial charge in [0, 0.05) is 30.5 Å². The minimum Gasteiger partial charge on any atom is -0.391 e. The molecule has 3 aromatic rings. The molecule has 1 saturated heterocycles. The monoisotopic (exact) mass is 424 g/mol. The van der Waals surface area contributed by atoms with Gasteiger partial charge in [0.05, 0.1) is 5.71 Å². The van der Waals surface area contributed by atoms with Gasteiger partial charge < -0.3 is 4.84 Å². The molecule has 3 aromatic carbocycles. The second kappa shape index (κ2) is 10.4. The van der Waals surface area contributed by atoms with Gasteiger partial charge in [0.15, 0.2) is 0 Å². The highest BCUT2D eigenvalue weighted by atomic mass is 16.6. The molecule has 4 atom stereocenters. The third-order valence-electron chi connectivity index (χ3n) is 6.46. The van der Waals surface area contributed by atoms with Crippen molar-refractivity contribution in [2.75, 3.05) is 6.54 Å². The molecule has 0 saturated carbocycles. The van der Waals surface area contributed by atoms with Crippen molar-refractivity contribution in [1.82, 2.24) is 4.90 Å². The Labute approximate surface area is 192 Å². The minimum absolute atomic E-state index is 0.190. The minimum atomic E-state index is 0.190. The quantitative estimate of drug-likeness (QED) is 0.307. The maximum Gasteiger partial charge on any atom is 0.142 e. The lowest BCUT2D eigenvalue weighted by molar-refractivity contribution is 0.0718. The number of likely N-dealkylation sites (tertiary alicyclic amines) is 1. The van der Waals surface area contributed by atoms with Crippen LogP contribution in [0, 0.1) is 11.8 Å². The maximum atomic E-state index is 5.91. The van der Waals surface area contributed by atoms with Crippen LogP contribution < -0.4 is 0 Å². The van der Waals surface area contributed by atoms with E-state index in [-0.39, 0.29) is 23.9 Å². The summed E-state index contributed by atoms with van der Waals surface area (Å²) in [5, 5.41) is 4.75. The van der Waals surface area contributed by atoms with Crippen molar-refractivity contribution in [2.24, 2.45) is 17.0 Å². The SMILES string of the molecule is C=CCN1[C@H](c2ccccc2)[C@@H](C)C(=NOCc2ccccc2)[C@H](C)[C@@H]1c1ccccc1. The number of nitrogens with zero attached hydrogens (tertiary/aromatic N) is 2. The number of hydrogen-bond acceptors (Lipinski definition) is 3. The Balaban J connectivity index is 1.73. The summed E-state index contributed by atoms with van der Waals surface area (Å²) in [5.41, 5.74) is 4.83. The molecule has 164 valence electrons. The summed E-state index contributed by atoms with van der Waals surface area (Å²) in [4.78, 5) is 8.49. The van der Waals surface area contributed by atoms with E-state index < -0.39 is 0 Å². The molecule has 4 rings (SSSR count). The van der Waals surface area contributed by atoms with Crippen LogP contribution in [0.25, 0.3) is 0 Å². The van der Waals surface area contributed by atoms with Crippen LogP contribution in [0.3, 0.4) is 0 Å². The Morgan fingerprint density at radius 1 is 0.781 bits per heavy atom. The van der Waals surface area contributed by atoms with Crippen molar-refractivity contribution in [3.8, 4) is 0 Å². The van der Waals surface area contributed by atoms with Gasteiger partial charge in [0.1, 0.15) is 6.61 Å². The molecule has 3 heteroatoms. The summed E-state index contributed by atoms with van der Waals surface area (Å²) in [6, 6.07) is 32.1. The molecule has 1 heterocycles.